The lowest BCUT2D eigenvalue weighted by Crippen LogP contribution is -2.54. The smallest absolute Gasteiger partial charge is 0.326 e. The zero-order chi connectivity index (χ0) is 15.3. The highest BCUT2D eigenvalue weighted by atomic mass is 16.5. The van der Waals surface area contributed by atoms with E-state index in [1.807, 2.05) is 7.05 Å². The summed E-state index contributed by atoms with van der Waals surface area (Å²) in [5.74, 6) is 0.344. The van der Waals surface area contributed by atoms with Gasteiger partial charge in [-0.2, -0.15) is 0 Å². The fourth-order valence-corrected chi connectivity index (χ4v) is 3.95. The Balaban J connectivity index is 1.92. The summed E-state index contributed by atoms with van der Waals surface area (Å²) in [4.78, 5) is 14.9. The van der Waals surface area contributed by atoms with Crippen LogP contribution in [0.1, 0.15) is 58.3 Å². The fraction of sp³-hybridized carbons (Fsp3) is 0.941. The minimum absolute atomic E-state index is 0.0703. The van der Waals surface area contributed by atoms with Gasteiger partial charge < -0.3 is 15.0 Å². The zero-order valence-electron chi connectivity index (χ0n) is 14.0. The summed E-state index contributed by atoms with van der Waals surface area (Å²) in [6.45, 7) is 4.61. The summed E-state index contributed by atoms with van der Waals surface area (Å²) in [6, 6.07) is 0.820. The van der Waals surface area contributed by atoms with Crippen molar-refractivity contribution < 1.29 is 9.53 Å². The first-order chi connectivity index (χ1) is 10.2. The monoisotopic (exact) mass is 296 g/mol. The fourth-order valence-electron chi connectivity index (χ4n) is 3.95. The molecule has 21 heavy (non-hydrogen) atoms. The number of esters is 1. The van der Waals surface area contributed by atoms with Gasteiger partial charge in [-0.25, -0.2) is 0 Å². The van der Waals surface area contributed by atoms with Crippen LogP contribution in [0.2, 0.25) is 0 Å². The number of unbranched alkanes of at least 4 members (excludes halogenated alkanes) is 1. The van der Waals surface area contributed by atoms with E-state index in [0.717, 1.165) is 38.3 Å². The Bertz CT molecular complexity index is 344. The number of hydrogen-bond acceptors (Lipinski definition) is 4. The van der Waals surface area contributed by atoms with Crippen molar-refractivity contribution in [2.75, 3.05) is 27.2 Å². The number of nitrogens with one attached hydrogen (secondary N) is 1. The predicted molar refractivity (Wildman–Crippen MR) is 85.3 cm³/mol. The van der Waals surface area contributed by atoms with Gasteiger partial charge in [0.2, 0.25) is 0 Å². The molecule has 2 unspecified atom stereocenters. The number of methoxy groups -OCH3 is 1. The lowest BCUT2D eigenvalue weighted by molar-refractivity contribution is -0.150. The second-order valence-corrected chi connectivity index (χ2v) is 6.71. The van der Waals surface area contributed by atoms with Gasteiger partial charge in [0.25, 0.3) is 0 Å². The third kappa shape index (κ3) is 3.78. The number of carbonyl (C=O) groups excluding carboxylic acids is 1. The Morgan fingerprint density at radius 3 is 2.67 bits per heavy atom. The predicted octanol–water partition coefficient (Wildman–Crippen LogP) is 2.57. The van der Waals surface area contributed by atoms with Crippen molar-refractivity contribution in [1.82, 2.24) is 10.2 Å². The normalized spacial score (nSPS) is 29.0. The van der Waals surface area contributed by atoms with E-state index in [9.17, 15) is 4.79 Å². The minimum atomic E-state index is -0.436. The molecule has 0 aromatic carbocycles. The van der Waals surface area contributed by atoms with Crippen molar-refractivity contribution in [3.05, 3.63) is 0 Å². The maximum absolute atomic E-state index is 12.2. The van der Waals surface area contributed by atoms with E-state index < -0.39 is 5.54 Å². The summed E-state index contributed by atoms with van der Waals surface area (Å²) < 4.78 is 5.08. The summed E-state index contributed by atoms with van der Waals surface area (Å²) in [5.41, 5.74) is -0.436. The molecule has 2 saturated carbocycles. The van der Waals surface area contributed by atoms with Gasteiger partial charge in [-0.05, 0) is 64.6 Å². The molecule has 0 heterocycles. The molecule has 2 aliphatic carbocycles. The van der Waals surface area contributed by atoms with Crippen molar-refractivity contribution in [3.63, 3.8) is 0 Å². The van der Waals surface area contributed by atoms with Gasteiger partial charge in [-0.3, -0.25) is 4.79 Å². The van der Waals surface area contributed by atoms with Crippen LogP contribution < -0.4 is 5.32 Å². The lowest BCUT2D eigenvalue weighted by Gasteiger charge is -2.34. The maximum atomic E-state index is 12.2. The Kier molecular flexibility index (Phi) is 6.06. The number of rotatable bonds is 9. The average molecular weight is 296 g/mol. The molecular formula is C17H32N2O2. The first-order valence-electron chi connectivity index (χ1n) is 8.69. The third-order valence-electron chi connectivity index (χ3n) is 5.44. The third-order valence-corrected chi connectivity index (χ3v) is 5.44. The zero-order valence-corrected chi connectivity index (χ0v) is 14.0. The molecule has 4 nitrogen and oxygen atoms in total. The average Bonchev–Trinajstić information content (AvgIpc) is 3.26. The molecule has 0 amide bonds. The van der Waals surface area contributed by atoms with Gasteiger partial charge in [0.05, 0.1) is 7.11 Å². The van der Waals surface area contributed by atoms with Gasteiger partial charge in [0.15, 0.2) is 0 Å². The summed E-state index contributed by atoms with van der Waals surface area (Å²) >= 11 is 0. The van der Waals surface area contributed by atoms with Crippen LogP contribution >= 0.6 is 0 Å². The minimum Gasteiger partial charge on any atom is -0.468 e. The van der Waals surface area contributed by atoms with Crippen LogP contribution in [-0.2, 0) is 9.53 Å². The molecular weight excluding hydrogens is 264 g/mol. The van der Waals surface area contributed by atoms with E-state index in [1.165, 1.54) is 39.3 Å². The van der Waals surface area contributed by atoms with Crippen LogP contribution in [0.15, 0.2) is 0 Å². The highest BCUT2D eigenvalue weighted by Gasteiger charge is 2.48. The van der Waals surface area contributed by atoms with E-state index >= 15 is 0 Å². The van der Waals surface area contributed by atoms with Crippen molar-refractivity contribution in [1.29, 1.82) is 0 Å². The molecule has 0 saturated heterocycles. The van der Waals surface area contributed by atoms with Gasteiger partial charge >= 0.3 is 5.97 Å². The second-order valence-electron chi connectivity index (χ2n) is 6.71. The van der Waals surface area contributed by atoms with Crippen LogP contribution in [0.3, 0.4) is 0 Å². The SMILES string of the molecule is CCCCN(CCC1CCCC1(NC)C(=O)OC)C1CC1. The highest BCUT2D eigenvalue weighted by Crippen LogP contribution is 2.39. The Morgan fingerprint density at radius 1 is 1.33 bits per heavy atom. The molecule has 122 valence electrons. The number of carbonyl (C=O) groups is 1. The molecule has 4 heteroatoms. The standard InChI is InChI=1S/C17H32N2O2/c1-4-5-12-19(15-8-9-15)13-10-14-7-6-11-17(14,18-2)16(20)21-3/h14-15,18H,4-13H2,1-3H3. The van der Waals surface area contributed by atoms with Gasteiger partial charge in [0.1, 0.15) is 5.54 Å². The highest BCUT2D eigenvalue weighted by molar-refractivity contribution is 5.81. The Labute approximate surface area is 129 Å². The molecule has 2 atom stereocenters. The van der Waals surface area contributed by atoms with Crippen molar-refractivity contribution in [3.8, 4) is 0 Å². The number of likely N-dealkylation sites (N-methyl/N-ethyl adjacent to an activating group) is 1. The quantitative estimate of drug-likeness (QED) is 0.664. The van der Waals surface area contributed by atoms with E-state index in [1.54, 1.807) is 0 Å². The lowest BCUT2D eigenvalue weighted by atomic mass is 9.84. The molecule has 0 spiro atoms. The number of nitrogens with zero attached hydrogens (tertiary/aromatic N) is 1. The molecule has 2 aliphatic rings. The largest absolute Gasteiger partial charge is 0.468 e. The van der Waals surface area contributed by atoms with E-state index in [0.29, 0.717) is 5.92 Å². The first kappa shape index (κ1) is 16.8. The van der Waals surface area contributed by atoms with Crippen molar-refractivity contribution in [2.24, 2.45) is 5.92 Å². The molecule has 2 fully saturated rings. The number of ether oxygens (including phenoxy) is 1. The summed E-state index contributed by atoms with van der Waals surface area (Å²) in [6.07, 6.45) is 9.56. The molecule has 0 aromatic rings. The van der Waals surface area contributed by atoms with E-state index in [2.05, 4.69) is 17.1 Å². The first-order valence-corrected chi connectivity index (χ1v) is 8.69. The van der Waals surface area contributed by atoms with Crippen LogP contribution in [0.25, 0.3) is 0 Å². The molecule has 0 aromatic heterocycles. The van der Waals surface area contributed by atoms with Crippen molar-refractivity contribution >= 4 is 5.97 Å². The maximum Gasteiger partial charge on any atom is 0.326 e. The topological polar surface area (TPSA) is 41.6 Å². The van der Waals surface area contributed by atoms with Crippen LogP contribution in [0.5, 0.6) is 0 Å². The Morgan fingerprint density at radius 2 is 2.10 bits per heavy atom. The van der Waals surface area contributed by atoms with Gasteiger partial charge in [-0.15, -0.1) is 0 Å². The molecule has 0 radical (unpaired) electrons. The second kappa shape index (κ2) is 7.59. The molecule has 1 N–H and O–H groups in total. The number of hydrogen-bond donors (Lipinski definition) is 1. The van der Waals surface area contributed by atoms with E-state index in [-0.39, 0.29) is 5.97 Å². The van der Waals surface area contributed by atoms with Crippen LogP contribution in [0.4, 0.5) is 0 Å². The van der Waals surface area contributed by atoms with Crippen LogP contribution in [0, 0.1) is 5.92 Å². The van der Waals surface area contributed by atoms with Gasteiger partial charge in [-0.1, -0.05) is 19.8 Å². The van der Waals surface area contributed by atoms with E-state index in [4.69, 9.17) is 4.74 Å². The molecule has 0 aliphatic heterocycles. The molecule has 0 bridgehead atoms. The van der Waals surface area contributed by atoms with Gasteiger partial charge in [0, 0.05) is 6.04 Å². The van der Waals surface area contributed by atoms with Crippen molar-refractivity contribution in [2.45, 2.75) is 69.9 Å². The molecule has 2 rings (SSSR count). The summed E-state index contributed by atoms with van der Waals surface area (Å²) in [7, 11) is 3.42. The van der Waals surface area contributed by atoms with Crippen LogP contribution in [-0.4, -0.2) is 49.7 Å². The summed E-state index contributed by atoms with van der Waals surface area (Å²) in [5, 5.41) is 3.30. The Hall–Kier alpha value is -0.610.